The summed E-state index contributed by atoms with van der Waals surface area (Å²) in [5.74, 6) is -1.16. The molecule has 0 aliphatic rings. The highest BCUT2D eigenvalue weighted by molar-refractivity contribution is 6.31. The van der Waals surface area contributed by atoms with Crippen molar-refractivity contribution in [2.45, 2.75) is 13.0 Å². The van der Waals surface area contributed by atoms with E-state index in [0.29, 0.717) is 16.3 Å². The van der Waals surface area contributed by atoms with Crippen molar-refractivity contribution in [1.82, 2.24) is 4.98 Å². The average Bonchev–Trinajstić information content (AvgIpc) is 2.70. The fourth-order valence-corrected chi connectivity index (χ4v) is 2.61. The van der Waals surface area contributed by atoms with E-state index in [0.717, 1.165) is 5.56 Å². The Hall–Kier alpha value is -3.18. The number of nitrogens with zero attached hydrogens (tertiary/aromatic N) is 1. The molecule has 1 amide bonds. The number of amides is 1. The number of pyridine rings is 1. The third-order valence-electron chi connectivity index (χ3n) is 3.88. The number of carbonyl (C=O) groups is 2. The number of anilines is 1. The maximum absolute atomic E-state index is 12.8. The van der Waals surface area contributed by atoms with Gasteiger partial charge in [-0.2, -0.15) is 0 Å². The lowest BCUT2D eigenvalue weighted by Crippen LogP contribution is -2.26. The molecular formula is C21H17ClN2O3. The van der Waals surface area contributed by atoms with Gasteiger partial charge in [0, 0.05) is 22.5 Å². The summed E-state index contributed by atoms with van der Waals surface area (Å²) in [4.78, 5) is 29.2. The Balaban J connectivity index is 1.84. The smallest absolute Gasteiger partial charge is 0.358 e. The topological polar surface area (TPSA) is 68.3 Å². The first-order valence-electron chi connectivity index (χ1n) is 8.28. The van der Waals surface area contributed by atoms with Crippen LogP contribution in [0.3, 0.4) is 0 Å². The van der Waals surface area contributed by atoms with Gasteiger partial charge in [0.2, 0.25) is 6.10 Å². The Labute approximate surface area is 162 Å². The van der Waals surface area contributed by atoms with E-state index in [-0.39, 0.29) is 5.69 Å². The third kappa shape index (κ3) is 4.71. The standard InChI is InChI=1S/C21H17ClN2O3/c1-14-10-11-16(13-17(14)22)24-20(25)19(15-7-3-2-4-8-15)27-21(26)18-9-5-6-12-23-18/h2-13,19H,1H3,(H,24,25). The van der Waals surface area contributed by atoms with E-state index in [1.807, 2.05) is 13.0 Å². The number of halogens is 1. The molecule has 6 heteroatoms. The highest BCUT2D eigenvalue weighted by atomic mass is 35.5. The van der Waals surface area contributed by atoms with Crippen LogP contribution in [0.4, 0.5) is 5.69 Å². The molecule has 0 radical (unpaired) electrons. The quantitative estimate of drug-likeness (QED) is 0.658. The third-order valence-corrected chi connectivity index (χ3v) is 4.29. The summed E-state index contributed by atoms with van der Waals surface area (Å²) in [6.45, 7) is 1.87. The zero-order chi connectivity index (χ0) is 19.2. The largest absolute Gasteiger partial charge is 0.443 e. The number of benzene rings is 2. The number of esters is 1. The van der Waals surface area contributed by atoms with Gasteiger partial charge in [0.15, 0.2) is 0 Å². The highest BCUT2D eigenvalue weighted by Gasteiger charge is 2.26. The van der Waals surface area contributed by atoms with Crippen molar-refractivity contribution >= 4 is 29.2 Å². The van der Waals surface area contributed by atoms with E-state index in [1.54, 1.807) is 54.6 Å². The molecule has 0 saturated carbocycles. The molecule has 0 aliphatic carbocycles. The number of aryl methyl sites for hydroxylation is 1. The Morgan fingerprint density at radius 1 is 1.04 bits per heavy atom. The molecule has 1 N–H and O–H groups in total. The van der Waals surface area contributed by atoms with Crippen LogP contribution < -0.4 is 5.32 Å². The Kier molecular flexibility index (Phi) is 5.84. The van der Waals surface area contributed by atoms with Crippen molar-refractivity contribution < 1.29 is 14.3 Å². The first kappa shape index (κ1) is 18.6. The summed E-state index contributed by atoms with van der Waals surface area (Å²) in [6.07, 6.45) is 0.364. The van der Waals surface area contributed by atoms with Gasteiger partial charge in [0.1, 0.15) is 5.69 Å². The van der Waals surface area contributed by atoms with Gasteiger partial charge in [-0.1, -0.05) is 54.1 Å². The molecule has 0 fully saturated rings. The predicted octanol–water partition coefficient (Wildman–Crippen LogP) is 4.58. The van der Waals surface area contributed by atoms with Crippen LogP contribution in [-0.4, -0.2) is 16.9 Å². The zero-order valence-electron chi connectivity index (χ0n) is 14.6. The van der Waals surface area contributed by atoms with E-state index in [9.17, 15) is 9.59 Å². The lowest BCUT2D eigenvalue weighted by Gasteiger charge is -2.18. The van der Waals surface area contributed by atoms with Gasteiger partial charge in [-0.3, -0.25) is 4.79 Å². The number of nitrogens with one attached hydrogen (secondary N) is 1. The number of hydrogen-bond donors (Lipinski definition) is 1. The molecule has 1 unspecified atom stereocenters. The zero-order valence-corrected chi connectivity index (χ0v) is 15.3. The summed E-state index contributed by atoms with van der Waals surface area (Å²) < 4.78 is 5.46. The van der Waals surface area contributed by atoms with Crippen molar-refractivity contribution in [3.63, 3.8) is 0 Å². The lowest BCUT2D eigenvalue weighted by molar-refractivity contribution is -0.125. The van der Waals surface area contributed by atoms with E-state index in [2.05, 4.69) is 10.3 Å². The van der Waals surface area contributed by atoms with Gasteiger partial charge in [0.25, 0.3) is 5.91 Å². The van der Waals surface area contributed by atoms with Crippen molar-refractivity contribution in [2.24, 2.45) is 0 Å². The maximum atomic E-state index is 12.8. The molecule has 0 bridgehead atoms. The summed E-state index contributed by atoms with van der Waals surface area (Å²) in [5.41, 5.74) is 2.10. The first-order chi connectivity index (χ1) is 13.0. The fraction of sp³-hybridized carbons (Fsp3) is 0.0952. The van der Waals surface area contributed by atoms with Crippen molar-refractivity contribution in [3.05, 3.63) is 94.8 Å². The summed E-state index contributed by atoms with van der Waals surface area (Å²) >= 11 is 6.11. The second-order valence-corrected chi connectivity index (χ2v) is 6.27. The molecule has 136 valence electrons. The van der Waals surface area contributed by atoms with Gasteiger partial charge in [-0.15, -0.1) is 0 Å². The normalized spacial score (nSPS) is 11.5. The Morgan fingerprint density at radius 3 is 2.44 bits per heavy atom. The Bertz CT molecular complexity index is 946. The monoisotopic (exact) mass is 380 g/mol. The van der Waals surface area contributed by atoms with Gasteiger partial charge >= 0.3 is 5.97 Å². The molecule has 3 aromatic rings. The minimum Gasteiger partial charge on any atom is -0.443 e. The van der Waals surface area contributed by atoms with Crippen molar-refractivity contribution in [3.8, 4) is 0 Å². The molecule has 2 aromatic carbocycles. The second kappa shape index (κ2) is 8.47. The molecule has 1 atom stereocenters. The Morgan fingerprint density at radius 2 is 1.78 bits per heavy atom. The van der Waals surface area contributed by atoms with Gasteiger partial charge in [-0.05, 0) is 36.8 Å². The lowest BCUT2D eigenvalue weighted by atomic mass is 10.1. The number of ether oxygens (including phenoxy) is 1. The van der Waals surface area contributed by atoms with E-state index >= 15 is 0 Å². The number of rotatable bonds is 5. The molecule has 27 heavy (non-hydrogen) atoms. The van der Waals surface area contributed by atoms with Crippen LogP contribution in [0.1, 0.15) is 27.7 Å². The van der Waals surface area contributed by atoms with Crippen LogP contribution in [0.2, 0.25) is 5.02 Å². The molecule has 0 spiro atoms. The fourth-order valence-electron chi connectivity index (χ4n) is 2.43. The minimum absolute atomic E-state index is 0.129. The molecule has 5 nitrogen and oxygen atoms in total. The van der Waals surface area contributed by atoms with Gasteiger partial charge in [-0.25, -0.2) is 9.78 Å². The molecular weight excluding hydrogens is 364 g/mol. The number of carbonyl (C=O) groups excluding carboxylic acids is 2. The second-order valence-electron chi connectivity index (χ2n) is 5.86. The highest BCUT2D eigenvalue weighted by Crippen LogP contribution is 2.24. The number of hydrogen-bond acceptors (Lipinski definition) is 4. The molecule has 3 rings (SSSR count). The SMILES string of the molecule is Cc1ccc(NC(=O)C(OC(=O)c2ccccn2)c2ccccc2)cc1Cl. The van der Waals surface area contributed by atoms with Crippen LogP contribution in [0.5, 0.6) is 0 Å². The predicted molar refractivity (Wildman–Crippen MR) is 104 cm³/mol. The van der Waals surface area contributed by atoms with Crippen molar-refractivity contribution in [2.75, 3.05) is 5.32 Å². The van der Waals surface area contributed by atoms with E-state index < -0.39 is 18.0 Å². The summed E-state index contributed by atoms with van der Waals surface area (Å²) in [5, 5.41) is 3.28. The molecule has 1 aromatic heterocycles. The first-order valence-corrected chi connectivity index (χ1v) is 8.66. The van der Waals surface area contributed by atoms with Gasteiger partial charge in [0.05, 0.1) is 0 Å². The van der Waals surface area contributed by atoms with E-state index in [4.69, 9.17) is 16.3 Å². The molecule has 0 saturated heterocycles. The summed E-state index contributed by atoms with van der Waals surface area (Å²) in [7, 11) is 0. The van der Waals surface area contributed by atoms with Crippen LogP contribution in [-0.2, 0) is 9.53 Å². The van der Waals surface area contributed by atoms with Crippen LogP contribution in [0, 0.1) is 6.92 Å². The van der Waals surface area contributed by atoms with Crippen LogP contribution in [0.15, 0.2) is 72.9 Å². The molecule has 1 heterocycles. The average molecular weight is 381 g/mol. The van der Waals surface area contributed by atoms with E-state index in [1.165, 1.54) is 12.3 Å². The summed E-state index contributed by atoms with van der Waals surface area (Å²) in [6, 6.07) is 18.9. The molecule has 0 aliphatic heterocycles. The van der Waals surface area contributed by atoms with Crippen LogP contribution >= 0.6 is 11.6 Å². The number of aromatic nitrogens is 1. The van der Waals surface area contributed by atoms with Gasteiger partial charge < -0.3 is 10.1 Å². The van der Waals surface area contributed by atoms with Crippen LogP contribution in [0.25, 0.3) is 0 Å². The van der Waals surface area contributed by atoms with Crippen molar-refractivity contribution in [1.29, 1.82) is 0 Å². The minimum atomic E-state index is -1.12. The maximum Gasteiger partial charge on any atom is 0.358 e.